The molecule has 104 valence electrons. The number of halogens is 2. The second-order valence-corrected chi connectivity index (χ2v) is 6.67. The molecule has 1 heterocycles. The molecule has 0 radical (unpaired) electrons. The third-order valence-corrected chi connectivity index (χ3v) is 4.65. The van der Waals surface area contributed by atoms with Crippen molar-refractivity contribution in [3.63, 3.8) is 0 Å². The molecule has 0 spiro atoms. The van der Waals surface area contributed by atoms with Gasteiger partial charge in [0.1, 0.15) is 0 Å². The SMILES string of the molecule is O=C(c1ccc(Br)cc1Br)N1CCCC(CCO)C1. The van der Waals surface area contributed by atoms with Crippen LogP contribution in [0.3, 0.4) is 0 Å². The van der Waals surface area contributed by atoms with Crippen LogP contribution in [0, 0.1) is 5.92 Å². The van der Waals surface area contributed by atoms with Gasteiger partial charge in [0, 0.05) is 28.6 Å². The summed E-state index contributed by atoms with van der Waals surface area (Å²) in [6.07, 6.45) is 2.90. The molecule has 1 aromatic rings. The highest BCUT2D eigenvalue weighted by Gasteiger charge is 2.25. The van der Waals surface area contributed by atoms with Gasteiger partial charge >= 0.3 is 0 Å². The highest BCUT2D eigenvalue weighted by molar-refractivity contribution is 9.11. The zero-order valence-corrected chi connectivity index (χ0v) is 13.8. The number of hydrogen-bond acceptors (Lipinski definition) is 2. The van der Waals surface area contributed by atoms with E-state index in [0.29, 0.717) is 11.5 Å². The van der Waals surface area contributed by atoms with Gasteiger partial charge in [-0.05, 0) is 59.3 Å². The molecular weight excluding hydrogens is 374 g/mol. The molecule has 19 heavy (non-hydrogen) atoms. The van der Waals surface area contributed by atoms with Crippen molar-refractivity contribution in [2.24, 2.45) is 5.92 Å². The number of aliphatic hydroxyl groups excluding tert-OH is 1. The zero-order chi connectivity index (χ0) is 13.8. The van der Waals surface area contributed by atoms with Crippen LogP contribution in [0.1, 0.15) is 29.6 Å². The molecule has 5 heteroatoms. The van der Waals surface area contributed by atoms with Crippen molar-refractivity contribution in [2.75, 3.05) is 19.7 Å². The first-order chi connectivity index (χ1) is 9.11. The Bertz CT molecular complexity index is 463. The van der Waals surface area contributed by atoms with E-state index in [1.54, 1.807) is 0 Å². The number of carbonyl (C=O) groups excluding carboxylic acids is 1. The number of aliphatic hydroxyl groups is 1. The van der Waals surface area contributed by atoms with E-state index in [1.165, 1.54) is 0 Å². The molecule has 0 saturated carbocycles. The molecule has 1 atom stereocenters. The van der Waals surface area contributed by atoms with Crippen LogP contribution in [0.15, 0.2) is 27.1 Å². The number of amides is 1. The van der Waals surface area contributed by atoms with Crippen molar-refractivity contribution >= 4 is 37.8 Å². The third-order valence-electron chi connectivity index (χ3n) is 3.51. The Labute approximate surface area is 130 Å². The minimum atomic E-state index is 0.0713. The van der Waals surface area contributed by atoms with E-state index in [4.69, 9.17) is 5.11 Å². The Hall–Kier alpha value is -0.390. The molecule has 2 rings (SSSR count). The molecule has 1 N–H and O–H groups in total. The minimum absolute atomic E-state index is 0.0713. The van der Waals surface area contributed by atoms with Crippen molar-refractivity contribution in [1.29, 1.82) is 0 Å². The smallest absolute Gasteiger partial charge is 0.255 e. The maximum atomic E-state index is 12.5. The lowest BCUT2D eigenvalue weighted by Crippen LogP contribution is -2.40. The van der Waals surface area contributed by atoms with Gasteiger partial charge < -0.3 is 10.0 Å². The maximum absolute atomic E-state index is 12.5. The van der Waals surface area contributed by atoms with E-state index in [1.807, 2.05) is 23.1 Å². The van der Waals surface area contributed by atoms with E-state index < -0.39 is 0 Å². The third kappa shape index (κ3) is 3.80. The summed E-state index contributed by atoms with van der Waals surface area (Å²) in [7, 11) is 0. The van der Waals surface area contributed by atoms with Gasteiger partial charge in [-0.2, -0.15) is 0 Å². The number of benzene rings is 1. The van der Waals surface area contributed by atoms with Crippen LogP contribution in [-0.2, 0) is 0 Å². The molecule has 1 fully saturated rings. The molecule has 0 aliphatic carbocycles. The predicted octanol–water partition coefficient (Wildman–Crippen LogP) is 3.45. The van der Waals surface area contributed by atoms with E-state index in [0.717, 1.165) is 41.3 Å². The van der Waals surface area contributed by atoms with Crippen LogP contribution in [-0.4, -0.2) is 35.6 Å². The van der Waals surface area contributed by atoms with Crippen molar-refractivity contribution in [3.8, 4) is 0 Å². The van der Waals surface area contributed by atoms with Crippen molar-refractivity contribution < 1.29 is 9.90 Å². The van der Waals surface area contributed by atoms with Crippen molar-refractivity contribution in [3.05, 3.63) is 32.7 Å². The molecular formula is C14H17Br2NO2. The van der Waals surface area contributed by atoms with Crippen molar-refractivity contribution in [1.82, 2.24) is 4.90 Å². The Balaban J connectivity index is 2.10. The predicted molar refractivity (Wildman–Crippen MR) is 82.2 cm³/mol. The first-order valence-electron chi connectivity index (χ1n) is 6.47. The van der Waals surface area contributed by atoms with Crippen LogP contribution in [0.5, 0.6) is 0 Å². The first-order valence-corrected chi connectivity index (χ1v) is 8.05. The molecule has 1 saturated heterocycles. The molecule has 1 amide bonds. The van der Waals surface area contributed by atoms with E-state index in [9.17, 15) is 4.79 Å². The van der Waals surface area contributed by atoms with Crippen LogP contribution >= 0.6 is 31.9 Å². The second-order valence-electron chi connectivity index (χ2n) is 4.90. The summed E-state index contributed by atoms with van der Waals surface area (Å²) in [6, 6.07) is 5.61. The fraction of sp³-hybridized carbons (Fsp3) is 0.500. The average molecular weight is 391 g/mol. The summed E-state index contributed by atoms with van der Waals surface area (Å²) in [5.74, 6) is 0.499. The summed E-state index contributed by atoms with van der Waals surface area (Å²) >= 11 is 6.83. The maximum Gasteiger partial charge on any atom is 0.255 e. The number of rotatable bonds is 3. The highest BCUT2D eigenvalue weighted by Crippen LogP contribution is 2.26. The molecule has 1 aliphatic rings. The molecule has 0 aromatic heterocycles. The Morgan fingerprint density at radius 3 is 2.89 bits per heavy atom. The normalized spacial score (nSPS) is 19.5. The molecule has 3 nitrogen and oxygen atoms in total. The summed E-state index contributed by atoms with van der Waals surface area (Å²) in [5, 5.41) is 9.02. The fourth-order valence-corrected chi connectivity index (χ4v) is 3.72. The van der Waals surface area contributed by atoms with Crippen molar-refractivity contribution in [2.45, 2.75) is 19.3 Å². The standard InChI is InChI=1S/C14H17Br2NO2/c15-11-3-4-12(13(16)8-11)14(19)17-6-1-2-10(9-17)5-7-18/h3-4,8,10,18H,1-2,5-7,9H2. The molecule has 1 aromatic carbocycles. The minimum Gasteiger partial charge on any atom is -0.396 e. The van der Waals surface area contributed by atoms with Gasteiger partial charge in [0.25, 0.3) is 5.91 Å². The van der Waals surface area contributed by atoms with Gasteiger partial charge in [-0.25, -0.2) is 0 Å². The summed E-state index contributed by atoms with van der Waals surface area (Å²) in [5.41, 5.74) is 0.702. The second kappa shape index (κ2) is 6.86. The lowest BCUT2D eigenvalue weighted by atomic mass is 9.94. The van der Waals surface area contributed by atoms with E-state index in [2.05, 4.69) is 31.9 Å². The zero-order valence-electron chi connectivity index (χ0n) is 10.6. The molecule has 0 bridgehead atoms. The summed E-state index contributed by atoms with van der Waals surface area (Å²) in [4.78, 5) is 14.4. The lowest BCUT2D eigenvalue weighted by molar-refractivity contribution is 0.0652. The monoisotopic (exact) mass is 389 g/mol. The molecule has 1 aliphatic heterocycles. The Kier molecular flexibility index (Phi) is 5.42. The number of likely N-dealkylation sites (tertiary alicyclic amines) is 1. The summed E-state index contributed by atoms with van der Waals surface area (Å²) in [6.45, 7) is 1.76. The number of piperidine rings is 1. The fourth-order valence-electron chi connectivity index (χ4n) is 2.50. The van der Waals surface area contributed by atoms with Crippen LogP contribution < -0.4 is 0 Å². The van der Waals surface area contributed by atoms with Gasteiger partial charge in [0.05, 0.1) is 5.56 Å². The lowest BCUT2D eigenvalue weighted by Gasteiger charge is -2.32. The summed E-state index contributed by atoms with van der Waals surface area (Å²) < 4.78 is 1.77. The number of carbonyl (C=O) groups is 1. The van der Waals surface area contributed by atoms with Gasteiger partial charge in [-0.3, -0.25) is 4.79 Å². The first kappa shape index (κ1) is 15.0. The molecule has 1 unspecified atom stereocenters. The average Bonchev–Trinajstić information content (AvgIpc) is 2.39. The van der Waals surface area contributed by atoms with Crippen LogP contribution in [0.4, 0.5) is 0 Å². The topological polar surface area (TPSA) is 40.5 Å². The Morgan fingerprint density at radius 1 is 1.42 bits per heavy atom. The number of hydrogen-bond donors (Lipinski definition) is 1. The van der Waals surface area contributed by atoms with Gasteiger partial charge in [-0.15, -0.1) is 0 Å². The highest BCUT2D eigenvalue weighted by atomic mass is 79.9. The van der Waals surface area contributed by atoms with Gasteiger partial charge in [0.15, 0.2) is 0 Å². The van der Waals surface area contributed by atoms with Crippen LogP contribution in [0.25, 0.3) is 0 Å². The quantitative estimate of drug-likeness (QED) is 0.858. The largest absolute Gasteiger partial charge is 0.396 e. The van der Waals surface area contributed by atoms with E-state index in [-0.39, 0.29) is 12.5 Å². The van der Waals surface area contributed by atoms with Crippen LogP contribution in [0.2, 0.25) is 0 Å². The number of nitrogens with zero attached hydrogens (tertiary/aromatic N) is 1. The Morgan fingerprint density at radius 2 is 2.21 bits per heavy atom. The van der Waals surface area contributed by atoms with Gasteiger partial charge in [-0.1, -0.05) is 15.9 Å². The van der Waals surface area contributed by atoms with E-state index >= 15 is 0 Å². The van der Waals surface area contributed by atoms with Gasteiger partial charge in [0.2, 0.25) is 0 Å².